The van der Waals surface area contributed by atoms with Crippen molar-refractivity contribution in [2.75, 3.05) is 6.54 Å². The fraction of sp³-hybridized carbons (Fsp3) is 0.391. The van der Waals surface area contributed by atoms with E-state index in [1.807, 2.05) is 12.1 Å². The highest BCUT2D eigenvalue weighted by Crippen LogP contribution is 2.27. The van der Waals surface area contributed by atoms with Gasteiger partial charge in [-0.15, -0.1) is 0 Å². The van der Waals surface area contributed by atoms with Crippen LogP contribution in [-0.4, -0.2) is 43.4 Å². The zero-order valence-electron chi connectivity index (χ0n) is 17.9. The van der Waals surface area contributed by atoms with Crippen LogP contribution in [0, 0.1) is 5.92 Å². The minimum absolute atomic E-state index is 0.0774. The third-order valence-electron chi connectivity index (χ3n) is 5.78. The highest BCUT2D eigenvalue weighted by Gasteiger charge is 2.24. The van der Waals surface area contributed by atoms with Gasteiger partial charge in [0.1, 0.15) is 12.9 Å². The van der Waals surface area contributed by atoms with Gasteiger partial charge in [0.2, 0.25) is 5.88 Å². The molecule has 2 atom stereocenters. The third-order valence-corrected chi connectivity index (χ3v) is 6.03. The average molecular weight is 456 g/mol. The second-order valence-electron chi connectivity index (χ2n) is 7.96. The van der Waals surface area contributed by atoms with Crippen LogP contribution in [0.25, 0.3) is 11.3 Å². The van der Waals surface area contributed by atoms with Crippen LogP contribution < -0.4 is 10.1 Å². The number of nitrogens with one attached hydrogen (secondary N) is 1. The lowest BCUT2D eigenvalue weighted by Crippen LogP contribution is -2.36. The number of aryl methyl sites for hydroxylation is 1. The van der Waals surface area contributed by atoms with E-state index >= 15 is 0 Å². The van der Waals surface area contributed by atoms with Gasteiger partial charge in [0.15, 0.2) is 5.82 Å². The zero-order chi connectivity index (χ0) is 22.5. The molecular weight excluding hydrogens is 430 g/mol. The first kappa shape index (κ1) is 22.2. The molecule has 9 heteroatoms. The number of hydrogen-bond donors (Lipinski definition) is 2. The van der Waals surface area contributed by atoms with Crippen molar-refractivity contribution in [1.82, 2.24) is 25.1 Å². The molecule has 2 N–H and O–H groups in total. The van der Waals surface area contributed by atoms with Crippen molar-refractivity contribution >= 4 is 17.5 Å². The van der Waals surface area contributed by atoms with Crippen molar-refractivity contribution in [3.8, 4) is 17.1 Å². The Morgan fingerprint density at radius 1 is 1.22 bits per heavy atom. The van der Waals surface area contributed by atoms with Crippen LogP contribution in [0.1, 0.15) is 41.9 Å². The molecule has 3 aromatic rings. The first-order valence-corrected chi connectivity index (χ1v) is 11.1. The predicted octanol–water partition coefficient (Wildman–Crippen LogP) is 3.39. The summed E-state index contributed by atoms with van der Waals surface area (Å²) in [6.45, 7) is 0.638. The molecule has 1 aliphatic rings. The molecular formula is C23H26ClN5O3. The van der Waals surface area contributed by atoms with E-state index in [2.05, 4.69) is 20.4 Å². The lowest BCUT2D eigenvalue weighted by atomic mass is 9.86. The molecule has 1 aliphatic carbocycles. The number of pyridine rings is 1. The second-order valence-corrected chi connectivity index (χ2v) is 8.40. The summed E-state index contributed by atoms with van der Waals surface area (Å²) in [6, 6.07) is 10.5. The minimum Gasteiger partial charge on any atom is -0.469 e. The number of amides is 1. The van der Waals surface area contributed by atoms with Crippen molar-refractivity contribution in [3.05, 3.63) is 59.1 Å². The highest BCUT2D eigenvalue weighted by atomic mass is 35.5. The number of ether oxygens (including phenoxy) is 1. The molecule has 2 heterocycles. The number of carbonyl (C=O) groups is 1. The van der Waals surface area contributed by atoms with E-state index in [1.165, 1.54) is 6.33 Å². The Morgan fingerprint density at radius 2 is 2.00 bits per heavy atom. The molecule has 0 bridgehead atoms. The largest absolute Gasteiger partial charge is 0.469 e. The molecule has 0 spiro atoms. The van der Waals surface area contributed by atoms with Gasteiger partial charge in [-0.05, 0) is 31.0 Å². The lowest BCUT2D eigenvalue weighted by Gasteiger charge is -2.27. The normalized spacial score (nSPS) is 18.3. The van der Waals surface area contributed by atoms with E-state index in [4.69, 9.17) is 16.3 Å². The van der Waals surface area contributed by atoms with Gasteiger partial charge < -0.3 is 15.2 Å². The van der Waals surface area contributed by atoms with Crippen LogP contribution in [0.5, 0.6) is 5.88 Å². The summed E-state index contributed by atoms with van der Waals surface area (Å²) in [5.74, 6) is 0.874. The van der Waals surface area contributed by atoms with Crippen molar-refractivity contribution < 1.29 is 14.6 Å². The molecule has 2 aromatic heterocycles. The Bertz CT molecular complexity index is 1070. The summed E-state index contributed by atoms with van der Waals surface area (Å²) in [7, 11) is 1.79. The topological polar surface area (TPSA) is 102 Å². The van der Waals surface area contributed by atoms with Crippen molar-refractivity contribution in [2.24, 2.45) is 13.0 Å². The van der Waals surface area contributed by atoms with Gasteiger partial charge in [-0.25, -0.2) is 9.97 Å². The lowest BCUT2D eigenvalue weighted by molar-refractivity contribution is 0.0663. The van der Waals surface area contributed by atoms with Crippen LogP contribution in [-0.2, 0) is 13.7 Å². The zero-order valence-corrected chi connectivity index (χ0v) is 18.6. The van der Waals surface area contributed by atoms with Gasteiger partial charge in [-0.1, -0.05) is 36.6 Å². The van der Waals surface area contributed by atoms with Crippen LogP contribution in [0.15, 0.2) is 42.7 Å². The van der Waals surface area contributed by atoms with Gasteiger partial charge >= 0.3 is 0 Å². The van der Waals surface area contributed by atoms with E-state index in [-0.39, 0.29) is 24.5 Å². The van der Waals surface area contributed by atoms with Gasteiger partial charge in [-0.3, -0.25) is 9.48 Å². The second kappa shape index (κ2) is 10.1. The maximum Gasteiger partial charge on any atom is 0.253 e. The molecule has 4 rings (SSSR count). The molecule has 2 unspecified atom stereocenters. The van der Waals surface area contributed by atoms with E-state index in [0.717, 1.165) is 31.2 Å². The summed E-state index contributed by atoms with van der Waals surface area (Å²) in [4.78, 5) is 21.8. The smallest absolute Gasteiger partial charge is 0.253 e. The molecule has 1 saturated carbocycles. The van der Waals surface area contributed by atoms with Gasteiger partial charge in [-0.2, -0.15) is 5.10 Å². The fourth-order valence-corrected chi connectivity index (χ4v) is 3.99. The number of nitrogens with zero attached hydrogens (tertiary/aromatic N) is 4. The van der Waals surface area contributed by atoms with Crippen LogP contribution in [0.2, 0.25) is 5.02 Å². The van der Waals surface area contributed by atoms with Crippen molar-refractivity contribution in [2.45, 2.75) is 38.4 Å². The summed E-state index contributed by atoms with van der Waals surface area (Å²) in [6.07, 6.45) is 4.91. The number of hydrogen-bond acceptors (Lipinski definition) is 6. The Hall–Kier alpha value is -2.97. The molecule has 168 valence electrons. The number of rotatable bonds is 7. The van der Waals surface area contributed by atoms with E-state index in [9.17, 15) is 9.90 Å². The van der Waals surface area contributed by atoms with E-state index in [0.29, 0.717) is 34.5 Å². The minimum atomic E-state index is -0.366. The summed E-state index contributed by atoms with van der Waals surface area (Å²) >= 11 is 6.04. The molecule has 0 radical (unpaired) electrons. The van der Waals surface area contributed by atoms with Gasteiger partial charge in [0.25, 0.3) is 5.91 Å². The van der Waals surface area contributed by atoms with Crippen LogP contribution in [0.3, 0.4) is 0 Å². The molecule has 1 fully saturated rings. The summed E-state index contributed by atoms with van der Waals surface area (Å²) in [5, 5.41) is 17.8. The van der Waals surface area contributed by atoms with Crippen molar-refractivity contribution in [1.29, 1.82) is 0 Å². The standard InChI is InChI=1S/C23H26ClN5O3/c1-29-20(26-14-27-29)13-32-21-11-10-18(22(28-21)15-6-8-17(24)9-7-15)23(31)25-12-16-4-2-3-5-19(16)30/h6-11,14,16,19,30H,2-5,12-13H2,1H3,(H,25,31). The first-order chi connectivity index (χ1) is 15.5. The summed E-state index contributed by atoms with van der Waals surface area (Å²) < 4.78 is 7.42. The van der Waals surface area contributed by atoms with Gasteiger partial charge in [0, 0.05) is 36.2 Å². The van der Waals surface area contributed by atoms with E-state index < -0.39 is 0 Å². The van der Waals surface area contributed by atoms with Crippen molar-refractivity contribution in [3.63, 3.8) is 0 Å². The Labute approximate surface area is 191 Å². The number of aromatic nitrogens is 4. The molecule has 0 aliphatic heterocycles. The monoisotopic (exact) mass is 455 g/mol. The molecule has 8 nitrogen and oxygen atoms in total. The Balaban J connectivity index is 1.55. The molecule has 32 heavy (non-hydrogen) atoms. The maximum atomic E-state index is 13.0. The Morgan fingerprint density at radius 3 is 2.72 bits per heavy atom. The van der Waals surface area contributed by atoms with E-state index in [1.54, 1.807) is 36.0 Å². The van der Waals surface area contributed by atoms with Gasteiger partial charge in [0.05, 0.1) is 17.4 Å². The van der Waals surface area contributed by atoms with Crippen LogP contribution in [0.4, 0.5) is 0 Å². The summed E-state index contributed by atoms with van der Waals surface area (Å²) in [5.41, 5.74) is 1.68. The fourth-order valence-electron chi connectivity index (χ4n) is 3.87. The molecule has 1 amide bonds. The number of aliphatic hydroxyl groups is 1. The molecule has 1 aromatic carbocycles. The number of halogens is 1. The number of carbonyl (C=O) groups excluding carboxylic acids is 1. The predicted molar refractivity (Wildman–Crippen MR) is 120 cm³/mol. The quantitative estimate of drug-likeness (QED) is 0.566. The number of aliphatic hydroxyl groups excluding tert-OH is 1. The molecule has 0 saturated heterocycles. The highest BCUT2D eigenvalue weighted by molar-refractivity contribution is 6.30. The number of benzene rings is 1. The Kier molecular flexibility index (Phi) is 7.02. The average Bonchev–Trinajstić information content (AvgIpc) is 3.22. The SMILES string of the molecule is Cn1ncnc1COc1ccc(C(=O)NCC2CCCCC2O)c(-c2ccc(Cl)cc2)n1. The maximum absolute atomic E-state index is 13.0. The first-order valence-electron chi connectivity index (χ1n) is 10.7. The van der Waals surface area contributed by atoms with Crippen LogP contribution >= 0.6 is 11.6 Å². The third kappa shape index (κ3) is 5.26.